The predicted molar refractivity (Wildman–Crippen MR) is 91.2 cm³/mol. The topological polar surface area (TPSA) is 60.3 Å². The van der Waals surface area contributed by atoms with Crippen molar-refractivity contribution in [3.63, 3.8) is 0 Å². The fourth-order valence-electron chi connectivity index (χ4n) is 3.10. The Balaban J connectivity index is 1.62. The van der Waals surface area contributed by atoms with Crippen LogP contribution in [0, 0.1) is 5.82 Å². The third-order valence-electron chi connectivity index (χ3n) is 4.49. The second kappa shape index (κ2) is 7.93. The van der Waals surface area contributed by atoms with Gasteiger partial charge in [0.15, 0.2) is 0 Å². The van der Waals surface area contributed by atoms with Crippen molar-refractivity contribution in [3.05, 3.63) is 46.8 Å². The highest BCUT2D eigenvalue weighted by atomic mass is 35.5. The lowest BCUT2D eigenvalue weighted by Gasteiger charge is -2.33. The van der Waals surface area contributed by atoms with Crippen molar-refractivity contribution in [2.24, 2.45) is 0 Å². The largest absolute Gasteiger partial charge is 0.384 e. The Labute approximate surface area is 150 Å². The Morgan fingerprint density at radius 1 is 1.40 bits per heavy atom. The maximum Gasteiger partial charge on any atom is 0.253 e. The summed E-state index contributed by atoms with van der Waals surface area (Å²) in [5.74, 6) is 0.258. The SMILES string of the molecule is COCCc1nncn1C1CCN(C(=O)c2ccc(F)c(Cl)c2)CC1. The highest BCUT2D eigenvalue weighted by Gasteiger charge is 2.26. The van der Waals surface area contributed by atoms with E-state index in [9.17, 15) is 9.18 Å². The first-order valence-corrected chi connectivity index (χ1v) is 8.59. The molecule has 0 bridgehead atoms. The van der Waals surface area contributed by atoms with Crippen molar-refractivity contribution in [2.45, 2.75) is 25.3 Å². The molecule has 1 aromatic carbocycles. The van der Waals surface area contributed by atoms with Crippen molar-refractivity contribution in [2.75, 3.05) is 26.8 Å². The molecular weight excluding hydrogens is 347 g/mol. The van der Waals surface area contributed by atoms with Gasteiger partial charge in [0.2, 0.25) is 0 Å². The predicted octanol–water partition coefficient (Wildman–Crippen LogP) is 2.74. The standard InChI is InChI=1S/C17H20ClFN4O2/c1-25-9-6-16-21-20-11-23(16)13-4-7-22(8-5-13)17(24)12-2-3-15(19)14(18)10-12/h2-3,10-11,13H,4-9H2,1H3. The Hall–Kier alpha value is -1.99. The highest BCUT2D eigenvalue weighted by Crippen LogP contribution is 2.25. The monoisotopic (exact) mass is 366 g/mol. The van der Waals surface area contributed by atoms with Crippen LogP contribution in [-0.2, 0) is 11.2 Å². The molecule has 25 heavy (non-hydrogen) atoms. The third-order valence-corrected chi connectivity index (χ3v) is 4.78. The van der Waals surface area contributed by atoms with Gasteiger partial charge in [0, 0.05) is 38.2 Å². The maximum absolute atomic E-state index is 13.3. The molecule has 2 heterocycles. The van der Waals surface area contributed by atoms with E-state index in [1.54, 1.807) is 18.3 Å². The van der Waals surface area contributed by atoms with Crippen molar-refractivity contribution in [1.29, 1.82) is 0 Å². The van der Waals surface area contributed by atoms with E-state index < -0.39 is 5.82 Å². The minimum Gasteiger partial charge on any atom is -0.384 e. The van der Waals surface area contributed by atoms with E-state index in [0.29, 0.717) is 31.7 Å². The quantitative estimate of drug-likeness (QED) is 0.816. The van der Waals surface area contributed by atoms with Crippen LogP contribution in [0.1, 0.15) is 35.1 Å². The van der Waals surface area contributed by atoms with Crippen LogP contribution in [0.5, 0.6) is 0 Å². The summed E-state index contributed by atoms with van der Waals surface area (Å²) in [6.45, 7) is 1.85. The first kappa shape index (κ1) is 17.8. The molecule has 1 amide bonds. The molecule has 1 aliphatic rings. The molecule has 0 aliphatic carbocycles. The minimum atomic E-state index is -0.520. The zero-order valence-electron chi connectivity index (χ0n) is 14.0. The summed E-state index contributed by atoms with van der Waals surface area (Å²) in [6, 6.07) is 4.34. The van der Waals surface area contributed by atoms with Gasteiger partial charge < -0.3 is 14.2 Å². The molecule has 1 aliphatic heterocycles. The molecule has 6 nitrogen and oxygen atoms in total. The molecule has 0 spiro atoms. The zero-order chi connectivity index (χ0) is 17.8. The molecule has 0 radical (unpaired) electrons. The van der Waals surface area contributed by atoms with Gasteiger partial charge in [-0.1, -0.05) is 11.6 Å². The fourth-order valence-corrected chi connectivity index (χ4v) is 3.28. The summed E-state index contributed by atoms with van der Waals surface area (Å²) < 4.78 is 20.4. The number of aromatic nitrogens is 3. The second-order valence-electron chi connectivity index (χ2n) is 6.05. The van der Waals surface area contributed by atoms with Gasteiger partial charge in [-0.3, -0.25) is 4.79 Å². The molecule has 0 saturated carbocycles. The fraction of sp³-hybridized carbons (Fsp3) is 0.471. The average molecular weight is 367 g/mol. The zero-order valence-corrected chi connectivity index (χ0v) is 14.7. The number of amides is 1. The number of benzene rings is 1. The number of ether oxygens (including phenoxy) is 1. The van der Waals surface area contributed by atoms with Crippen LogP contribution >= 0.6 is 11.6 Å². The Kier molecular flexibility index (Phi) is 5.65. The number of carbonyl (C=O) groups is 1. The molecule has 0 N–H and O–H groups in total. The van der Waals surface area contributed by atoms with Crippen molar-refractivity contribution in [1.82, 2.24) is 19.7 Å². The van der Waals surface area contributed by atoms with Gasteiger partial charge in [-0.05, 0) is 31.0 Å². The van der Waals surface area contributed by atoms with Gasteiger partial charge >= 0.3 is 0 Å². The van der Waals surface area contributed by atoms with Crippen molar-refractivity contribution < 1.29 is 13.9 Å². The van der Waals surface area contributed by atoms with Crippen LogP contribution in [0.15, 0.2) is 24.5 Å². The third kappa shape index (κ3) is 3.99. The van der Waals surface area contributed by atoms with E-state index in [0.717, 1.165) is 18.7 Å². The molecule has 2 aromatic rings. The highest BCUT2D eigenvalue weighted by molar-refractivity contribution is 6.31. The Bertz CT molecular complexity index is 744. The summed E-state index contributed by atoms with van der Waals surface area (Å²) in [7, 11) is 1.66. The number of nitrogens with zero attached hydrogens (tertiary/aromatic N) is 4. The van der Waals surface area contributed by atoms with Gasteiger partial charge in [0.1, 0.15) is 18.0 Å². The van der Waals surface area contributed by atoms with Crippen LogP contribution in [0.2, 0.25) is 5.02 Å². The molecule has 0 atom stereocenters. The normalized spacial score (nSPS) is 15.6. The van der Waals surface area contributed by atoms with E-state index >= 15 is 0 Å². The van der Waals surface area contributed by atoms with E-state index in [4.69, 9.17) is 16.3 Å². The van der Waals surface area contributed by atoms with Gasteiger partial charge in [-0.25, -0.2) is 4.39 Å². The van der Waals surface area contributed by atoms with E-state index in [1.165, 1.54) is 18.2 Å². The van der Waals surface area contributed by atoms with E-state index in [1.807, 2.05) is 0 Å². The van der Waals surface area contributed by atoms with Crippen LogP contribution in [-0.4, -0.2) is 52.4 Å². The number of rotatable bonds is 5. The van der Waals surface area contributed by atoms with Crippen molar-refractivity contribution >= 4 is 17.5 Å². The maximum atomic E-state index is 13.3. The molecule has 134 valence electrons. The lowest BCUT2D eigenvalue weighted by molar-refractivity contribution is 0.0693. The number of hydrogen-bond donors (Lipinski definition) is 0. The number of methoxy groups -OCH3 is 1. The van der Waals surface area contributed by atoms with Gasteiger partial charge in [0.05, 0.1) is 11.6 Å². The summed E-state index contributed by atoms with van der Waals surface area (Å²) in [4.78, 5) is 14.3. The van der Waals surface area contributed by atoms with Crippen LogP contribution in [0.25, 0.3) is 0 Å². The van der Waals surface area contributed by atoms with Gasteiger partial charge in [-0.2, -0.15) is 0 Å². The lowest BCUT2D eigenvalue weighted by atomic mass is 10.0. The first-order valence-electron chi connectivity index (χ1n) is 8.21. The van der Waals surface area contributed by atoms with E-state index in [2.05, 4.69) is 14.8 Å². The minimum absolute atomic E-state index is 0.0342. The number of carbonyl (C=O) groups excluding carboxylic acids is 1. The van der Waals surface area contributed by atoms with Crippen LogP contribution < -0.4 is 0 Å². The first-order chi connectivity index (χ1) is 12.1. The van der Waals surface area contributed by atoms with Gasteiger partial charge in [0.25, 0.3) is 5.91 Å². The molecular formula is C17H20ClFN4O2. The second-order valence-corrected chi connectivity index (χ2v) is 6.46. The number of hydrogen-bond acceptors (Lipinski definition) is 4. The number of likely N-dealkylation sites (tertiary alicyclic amines) is 1. The summed E-state index contributed by atoms with van der Waals surface area (Å²) >= 11 is 5.77. The smallest absolute Gasteiger partial charge is 0.253 e. The molecule has 1 saturated heterocycles. The van der Waals surface area contributed by atoms with Gasteiger partial charge in [-0.15, -0.1) is 10.2 Å². The summed E-state index contributed by atoms with van der Waals surface area (Å²) in [5.41, 5.74) is 0.412. The molecule has 3 rings (SSSR count). The molecule has 1 aromatic heterocycles. The average Bonchev–Trinajstić information content (AvgIpc) is 3.10. The molecule has 8 heteroatoms. The Morgan fingerprint density at radius 2 is 2.16 bits per heavy atom. The summed E-state index contributed by atoms with van der Waals surface area (Å²) in [5, 5.41) is 8.11. The van der Waals surface area contributed by atoms with Crippen LogP contribution in [0.4, 0.5) is 4.39 Å². The summed E-state index contributed by atoms with van der Waals surface area (Å²) in [6.07, 6.45) is 4.09. The van der Waals surface area contributed by atoms with Crippen molar-refractivity contribution in [3.8, 4) is 0 Å². The number of piperidine rings is 1. The van der Waals surface area contributed by atoms with Crippen LogP contribution in [0.3, 0.4) is 0 Å². The molecule has 1 fully saturated rings. The number of halogens is 2. The molecule has 0 unspecified atom stereocenters. The Morgan fingerprint density at radius 3 is 2.84 bits per heavy atom. The van der Waals surface area contributed by atoms with E-state index in [-0.39, 0.29) is 17.0 Å². The lowest BCUT2D eigenvalue weighted by Crippen LogP contribution is -2.39.